The molecule has 0 spiro atoms. The summed E-state index contributed by atoms with van der Waals surface area (Å²) in [7, 11) is 0. The van der Waals surface area contributed by atoms with Crippen molar-refractivity contribution in [3.05, 3.63) is 75.3 Å². The van der Waals surface area contributed by atoms with Crippen molar-refractivity contribution in [2.24, 2.45) is 0 Å². The highest BCUT2D eigenvalue weighted by molar-refractivity contribution is 6.04. The Labute approximate surface area is 189 Å². The first-order valence-electron chi connectivity index (χ1n) is 9.96. The fraction of sp³-hybridized carbons (Fsp3) is 0.182. The van der Waals surface area contributed by atoms with Crippen LogP contribution in [0.15, 0.2) is 47.3 Å². The zero-order valence-electron chi connectivity index (χ0n) is 17.5. The highest BCUT2D eigenvalue weighted by Crippen LogP contribution is 2.33. The maximum Gasteiger partial charge on any atom is 0.416 e. The quantitative estimate of drug-likeness (QED) is 0.425. The molecule has 2 aromatic carbocycles. The van der Waals surface area contributed by atoms with Crippen LogP contribution >= 0.6 is 0 Å². The molecular formula is C22H17F4N5O3. The molecule has 1 unspecified atom stereocenters. The van der Waals surface area contributed by atoms with Crippen molar-refractivity contribution in [3.8, 4) is 0 Å². The molecule has 8 nitrogen and oxygen atoms in total. The van der Waals surface area contributed by atoms with Crippen molar-refractivity contribution >= 4 is 35.0 Å². The monoisotopic (exact) mass is 475 g/mol. The molecule has 1 atom stereocenters. The fourth-order valence-electron chi connectivity index (χ4n) is 3.51. The van der Waals surface area contributed by atoms with E-state index in [9.17, 15) is 31.9 Å². The maximum atomic E-state index is 14.1. The van der Waals surface area contributed by atoms with Gasteiger partial charge in [0.05, 0.1) is 22.7 Å². The van der Waals surface area contributed by atoms with Gasteiger partial charge >= 0.3 is 6.18 Å². The van der Waals surface area contributed by atoms with Gasteiger partial charge in [0.25, 0.3) is 5.56 Å². The van der Waals surface area contributed by atoms with Crippen LogP contribution < -0.4 is 21.5 Å². The fourth-order valence-corrected chi connectivity index (χ4v) is 3.51. The smallest absolute Gasteiger partial charge is 0.326 e. The molecule has 2 amide bonds. The number of halogens is 4. The Hall–Kier alpha value is -4.22. The number of H-pyrrole nitrogens is 1. The van der Waals surface area contributed by atoms with E-state index in [0.717, 1.165) is 12.1 Å². The Morgan fingerprint density at radius 2 is 1.91 bits per heavy atom. The highest BCUT2D eigenvalue weighted by Gasteiger charge is 2.35. The van der Waals surface area contributed by atoms with Crippen LogP contribution in [0.1, 0.15) is 29.0 Å². The largest absolute Gasteiger partial charge is 0.416 e. The average Bonchev–Trinajstić information content (AvgIpc) is 2.74. The minimum absolute atomic E-state index is 0.01000. The van der Waals surface area contributed by atoms with Crippen LogP contribution in [-0.4, -0.2) is 21.8 Å². The zero-order chi connectivity index (χ0) is 24.6. The van der Waals surface area contributed by atoms with Gasteiger partial charge in [0.1, 0.15) is 11.6 Å². The molecule has 1 aromatic heterocycles. The summed E-state index contributed by atoms with van der Waals surface area (Å²) in [6, 6.07) is 8.38. The summed E-state index contributed by atoms with van der Waals surface area (Å²) in [5.41, 5.74) is -1.34. The van der Waals surface area contributed by atoms with Crippen LogP contribution in [0.3, 0.4) is 0 Å². The minimum Gasteiger partial charge on any atom is -0.326 e. The molecule has 4 N–H and O–H groups in total. The van der Waals surface area contributed by atoms with Crippen LogP contribution in [0.5, 0.6) is 0 Å². The summed E-state index contributed by atoms with van der Waals surface area (Å²) in [4.78, 5) is 44.2. The third-order valence-corrected chi connectivity index (χ3v) is 5.10. The lowest BCUT2D eigenvalue weighted by molar-refractivity contribution is -0.137. The first-order chi connectivity index (χ1) is 16.0. The van der Waals surface area contributed by atoms with Gasteiger partial charge in [0.2, 0.25) is 17.8 Å². The van der Waals surface area contributed by atoms with Crippen molar-refractivity contribution in [3.63, 3.8) is 0 Å². The molecule has 0 saturated carbocycles. The second kappa shape index (κ2) is 8.61. The number of benzene rings is 2. The van der Waals surface area contributed by atoms with E-state index in [1.807, 2.05) is 0 Å². The lowest BCUT2D eigenvalue weighted by Gasteiger charge is -2.23. The van der Waals surface area contributed by atoms with Gasteiger partial charge in [-0.05, 0) is 42.8 Å². The van der Waals surface area contributed by atoms with Crippen molar-refractivity contribution in [1.29, 1.82) is 0 Å². The van der Waals surface area contributed by atoms with Gasteiger partial charge in [-0.15, -0.1) is 0 Å². The lowest BCUT2D eigenvalue weighted by atomic mass is 9.92. The predicted octanol–water partition coefficient (Wildman–Crippen LogP) is 4.04. The summed E-state index contributed by atoms with van der Waals surface area (Å²) in [5, 5.41) is 7.31. The zero-order valence-corrected chi connectivity index (χ0v) is 17.5. The number of hydrogen-bond acceptors (Lipinski definition) is 5. The molecule has 0 saturated heterocycles. The van der Waals surface area contributed by atoms with E-state index in [2.05, 4.69) is 25.9 Å². The van der Waals surface area contributed by atoms with Crippen LogP contribution in [-0.2, 0) is 15.8 Å². The SMILES string of the molecule is Cc1ccc(NC(=O)C2CC(=O)Nc3nc(Nc4cccc(C(F)(F)F)c4)[nH]c(=O)c32)c(F)c1. The number of fused-ring (bicyclic) bond motifs is 1. The number of rotatable bonds is 4. The number of aromatic amines is 1. The van der Waals surface area contributed by atoms with Gasteiger partial charge in [-0.3, -0.25) is 19.4 Å². The molecular weight excluding hydrogens is 458 g/mol. The molecule has 0 bridgehead atoms. The van der Waals surface area contributed by atoms with Gasteiger partial charge in [-0.1, -0.05) is 12.1 Å². The second-order valence-electron chi connectivity index (χ2n) is 7.66. The molecule has 34 heavy (non-hydrogen) atoms. The molecule has 12 heteroatoms. The molecule has 2 heterocycles. The van der Waals surface area contributed by atoms with Gasteiger partial charge in [-0.2, -0.15) is 18.2 Å². The molecule has 176 valence electrons. The molecule has 1 aliphatic rings. The van der Waals surface area contributed by atoms with Gasteiger partial charge in [-0.25, -0.2) is 4.39 Å². The predicted molar refractivity (Wildman–Crippen MR) is 115 cm³/mol. The number of aryl methyl sites for hydroxylation is 1. The summed E-state index contributed by atoms with van der Waals surface area (Å²) >= 11 is 0. The van der Waals surface area contributed by atoms with E-state index in [-0.39, 0.29) is 35.1 Å². The van der Waals surface area contributed by atoms with Crippen LogP contribution in [0, 0.1) is 12.7 Å². The standard InChI is InChI=1S/C22H17F4N5O3/c1-10-5-6-15(14(23)7-10)28-19(33)13-9-16(32)29-18-17(13)20(34)31-21(30-18)27-12-4-2-3-11(8-12)22(24,25)26/h2-8,13H,9H2,1H3,(H,28,33)(H3,27,29,30,31,32,34). The van der Waals surface area contributed by atoms with E-state index >= 15 is 0 Å². The topological polar surface area (TPSA) is 116 Å². The Bertz CT molecular complexity index is 1350. The number of aromatic nitrogens is 2. The van der Waals surface area contributed by atoms with Gasteiger partial charge in [0, 0.05) is 12.1 Å². The Kier molecular flexibility index (Phi) is 5.82. The number of carbonyl (C=O) groups is 2. The van der Waals surface area contributed by atoms with E-state index < -0.39 is 40.8 Å². The molecule has 0 fully saturated rings. The number of hydrogen-bond donors (Lipinski definition) is 4. The maximum absolute atomic E-state index is 14.1. The first kappa shape index (κ1) is 23.0. The highest BCUT2D eigenvalue weighted by atomic mass is 19.4. The number of amides is 2. The van der Waals surface area contributed by atoms with Gasteiger partial charge in [0.15, 0.2) is 0 Å². The van der Waals surface area contributed by atoms with E-state index in [1.165, 1.54) is 24.3 Å². The third-order valence-electron chi connectivity index (χ3n) is 5.10. The minimum atomic E-state index is -4.57. The molecule has 0 aliphatic carbocycles. The van der Waals surface area contributed by atoms with Gasteiger partial charge < -0.3 is 16.0 Å². The third kappa shape index (κ3) is 4.75. The van der Waals surface area contributed by atoms with Crippen LogP contribution in [0.4, 0.5) is 40.7 Å². The second-order valence-corrected chi connectivity index (χ2v) is 7.66. The first-order valence-corrected chi connectivity index (χ1v) is 9.96. The molecule has 1 aliphatic heterocycles. The van der Waals surface area contributed by atoms with Crippen molar-refractivity contribution < 1.29 is 27.2 Å². The number of alkyl halides is 3. The summed E-state index contributed by atoms with van der Waals surface area (Å²) < 4.78 is 53.0. The molecule has 4 rings (SSSR count). The van der Waals surface area contributed by atoms with E-state index in [4.69, 9.17) is 0 Å². The average molecular weight is 475 g/mol. The summed E-state index contributed by atoms with van der Waals surface area (Å²) in [6.45, 7) is 1.67. The Morgan fingerprint density at radius 1 is 1.15 bits per heavy atom. The number of anilines is 4. The molecule has 3 aromatic rings. The number of carbonyl (C=O) groups excluding carboxylic acids is 2. The Morgan fingerprint density at radius 3 is 2.62 bits per heavy atom. The number of nitrogens with zero attached hydrogens (tertiary/aromatic N) is 1. The number of nitrogens with one attached hydrogen (secondary N) is 4. The van der Waals surface area contributed by atoms with Crippen molar-refractivity contribution in [1.82, 2.24) is 9.97 Å². The summed E-state index contributed by atoms with van der Waals surface area (Å²) in [5.74, 6) is -3.80. The molecule has 0 radical (unpaired) electrons. The normalized spacial score (nSPS) is 15.3. The van der Waals surface area contributed by atoms with Crippen molar-refractivity contribution in [2.75, 3.05) is 16.0 Å². The Balaban J connectivity index is 1.63. The lowest BCUT2D eigenvalue weighted by Crippen LogP contribution is -2.36. The van der Waals surface area contributed by atoms with E-state index in [0.29, 0.717) is 5.56 Å². The van der Waals surface area contributed by atoms with Crippen molar-refractivity contribution in [2.45, 2.75) is 25.4 Å². The van der Waals surface area contributed by atoms with Crippen LogP contribution in [0.25, 0.3) is 0 Å². The van der Waals surface area contributed by atoms with Crippen LogP contribution in [0.2, 0.25) is 0 Å². The summed E-state index contributed by atoms with van der Waals surface area (Å²) in [6.07, 6.45) is -4.95. The van der Waals surface area contributed by atoms with E-state index in [1.54, 1.807) is 13.0 Å².